The maximum atomic E-state index is 11.9. The molecule has 0 saturated heterocycles. The minimum Gasteiger partial charge on any atom is -0.460 e. The van der Waals surface area contributed by atoms with Crippen LogP contribution in [0.25, 0.3) is 0 Å². The van der Waals surface area contributed by atoms with E-state index in [0.29, 0.717) is 6.61 Å². The first kappa shape index (κ1) is 20.2. The molecule has 0 radical (unpaired) electrons. The van der Waals surface area contributed by atoms with E-state index in [1.807, 2.05) is 30.3 Å². The van der Waals surface area contributed by atoms with E-state index in [1.165, 1.54) is 0 Å². The van der Waals surface area contributed by atoms with Crippen LogP contribution in [0.3, 0.4) is 0 Å². The van der Waals surface area contributed by atoms with Crippen LogP contribution in [0.1, 0.15) is 46.6 Å². The van der Waals surface area contributed by atoms with Gasteiger partial charge in [0.1, 0.15) is 11.7 Å². The smallest absolute Gasteiger partial charge is 0.308 e. The SMILES string of the molecule is C#CC(OCc1ccccc1)C(C)(C)C(O)CC(=O)OC(C)(C)C. The highest BCUT2D eigenvalue weighted by Gasteiger charge is 2.38. The molecule has 2 unspecified atom stereocenters. The Kier molecular flexibility index (Phi) is 7.01. The molecule has 0 bridgehead atoms. The molecule has 1 aromatic carbocycles. The highest BCUT2D eigenvalue weighted by molar-refractivity contribution is 5.70. The second kappa shape index (κ2) is 8.32. The first-order valence-electron chi connectivity index (χ1n) is 8.08. The molecule has 0 fully saturated rings. The van der Waals surface area contributed by atoms with Crippen molar-refractivity contribution in [3.63, 3.8) is 0 Å². The molecule has 24 heavy (non-hydrogen) atoms. The molecule has 0 heterocycles. The first-order chi connectivity index (χ1) is 11.1. The van der Waals surface area contributed by atoms with Crippen LogP contribution in [-0.4, -0.2) is 28.9 Å². The number of benzene rings is 1. The number of hydrogen-bond donors (Lipinski definition) is 1. The van der Waals surface area contributed by atoms with Crippen molar-refractivity contribution in [2.24, 2.45) is 5.41 Å². The number of ether oxygens (including phenoxy) is 2. The highest BCUT2D eigenvalue weighted by atomic mass is 16.6. The number of esters is 1. The van der Waals surface area contributed by atoms with E-state index in [9.17, 15) is 9.90 Å². The van der Waals surface area contributed by atoms with E-state index in [2.05, 4.69) is 5.92 Å². The Bertz CT molecular complexity index is 564. The molecule has 1 N–H and O–H groups in total. The topological polar surface area (TPSA) is 55.8 Å². The summed E-state index contributed by atoms with van der Waals surface area (Å²) in [4.78, 5) is 11.9. The quantitative estimate of drug-likeness (QED) is 0.615. The Labute approximate surface area is 145 Å². The van der Waals surface area contributed by atoms with Gasteiger partial charge in [0.05, 0.1) is 19.1 Å². The number of aliphatic hydroxyl groups excluding tert-OH is 1. The molecule has 0 aliphatic rings. The summed E-state index contributed by atoms with van der Waals surface area (Å²) in [6, 6.07) is 9.66. The van der Waals surface area contributed by atoms with Gasteiger partial charge in [0.2, 0.25) is 0 Å². The van der Waals surface area contributed by atoms with Gasteiger partial charge < -0.3 is 14.6 Å². The second-order valence-electron chi connectivity index (χ2n) is 7.47. The lowest BCUT2D eigenvalue weighted by atomic mass is 9.79. The van der Waals surface area contributed by atoms with Crippen LogP contribution in [0.4, 0.5) is 0 Å². The monoisotopic (exact) mass is 332 g/mol. The predicted octanol–water partition coefficient (Wildman–Crippen LogP) is 3.32. The van der Waals surface area contributed by atoms with Crippen LogP contribution in [0.2, 0.25) is 0 Å². The molecule has 0 saturated carbocycles. The number of rotatable bonds is 7. The lowest BCUT2D eigenvalue weighted by Gasteiger charge is -2.35. The molecule has 0 spiro atoms. The third kappa shape index (κ3) is 6.35. The summed E-state index contributed by atoms with van der Waals surface area (Å²) < 4.78 is 11.1. The predicted molar refractivity (Wildman–Crippen MR) is 94.1 cm³/mol. The summed E-state index contributed by atoms with van der Waals surface area (Å²) in [6.45, 7) is 9.29. The van der Waals surface area contributed by atoms with E-state index in [-0.39, 0.29) is 6.42 Å². The molecule has 1 aromatic rings. The van der Waals surface area contributed by atoms with Crippen molar-refractivity contribution in [2.45, 2.75) is 65.5 Å². The fraction of sp³-hybridized carbons (Fsp3) is 0.550. The van der Waals surface area contributed by atoms with Crippen molar-refractivity contribution in [3.8, 4) is 12.3 Å². The van der Waals surface area contributed by atoms with Gasteiger partial charge >= 0.3 is 5.97 Å². The average Bonchev–Trinajstić information content (AvgIpc) is 2.46. The Morgan fingerprint density at radius 1 is 1.21 bits per heavy atom. The lowest BCUT2D eigenvalue weighted by Crippen LogP contribution is -2.43. The Hall–Kier alpha value is -1.83. The van der Waals surface area contributed by atoms with Crippen molar-refractivity contribution in [1.82, 2.24) is 0 Å². The zero-order valence-electron chi connectivity index (χ0n) is 15.2. The Morgan fingerprint density at radius 3 is 2.29 bits per heavy atom. The zero-order chi connectivity index (χ0) is 18.4. The van der Waals surface area contributed by atoms with Gasteiger partial charge in [-0.15, -0.1) is 6.42 Å². The standard InChI is InChI=1S/C20H28O4/c1-7-17(23-14-15-11-9-8-10-12-15)20(5,6)16(21)13-18(22)24-19(2,3)4/h1,8-12,16-17,21H,13-14H2,2-6H3. The fourth-order valence-electron chi connectivity index (χ4n) is 2.21. The van der Waals surface area contributed by atoms with Crippen LogP contribution in [-0.2, 0) is 20.9 Å². The minimum absolute atomic E-state index is 0.128. The second-order valence-corrected chi connectivity index (χ2v) is 7.47. The van der Waals surface area contributed by atoms with Crippen molar-refractivity contribution in [1.29, 1.82) is 0 Å². The maximum Gasteiger partial charge on any atom is 0.308 e. The summed E-state index contributed by atoms with van der Waals surface area (Å²) in [5.41, 5.74) is -0.383. The van der Waals surface area contributed by atoms with Gasteiger partial charge in [0, 0.05) is 5.41 Å². The molecule has 0 aliphatic carbocycles. The molecule has 4 nitrogen and oxygen atoms in total. The molecular weight excluding hydrogens is 304 g/mol. The number of aliphatic hydroxyl groups is 1. The molecule has 1 rings (SSSR count). The van der Waals surface area contributed by atoms with Crippen LogP contribution in [0.5, 0.6) is 0 Å². The van der Waals surface area contributed by atoms with Gasteiger partial charge in [-0.3, -0.25) is 4.79 Å². The Balaban J connectivity index is 2.68. The van der Waals surface area contributed by atoms with Gasteiger partial charge in [-0.05, 0) is 26.3 Å². The van der Waals surface area contributed by atoms with Crippen LogP contribution >= 0.6 is 0 Å². The van der Waals surface area contributed by atoms with Crippen LogP contribution in [0, 0.1) is 17.8 Å². The largest absolute Gasteiger partial charge is 0.460 e. The molecule has 0 aromatic heterocycles. The molecule has 132 valence electrons. The summed E-state index contributed by atoms with van der Waals surface area (Å²) in [5, 5.41) is 10.5. The number of carbonyl (C=O) groups is 1. The summed E-state index contributed by atoms with van der Waals surface area (Å²) >= 11 is 0. The van der Waals surface area contributed by atoms with E-state index >= 15 is 0 Å². The molecule has 2 atom stereocenters. The average molecular weight is 332 g/mol. The van der Waals surface area contributed by atoms with E-state index < -0.39 is 29.2 Å². The third-order valence-electron chi connectivity index (χ3n) is 3.73. The van der Waals surface area contributed by atoms with Gasteiger partial charge in [0.15, 0.2) is 0 Å². The number of terminal acetylenes is 1. The third-order valence-corrected chi connectivity index (χ3v) is 3.73. The lowest BCUT2D eigenvalue weighted by molar-refractivity contribution is -0.160. The van der Waals surface area contributed by atoms with Gasteiger partial charge in [-0.2, -0.15) is 0 Å². The van der Waals surface area contributed by atoms with Crippen LogP contribution in [0.15, 0.2) is 30.3 Å². The van der Waals surface area contributed by atoms with E-state index in [0.717, 1.165) is 5.56 Å². The van der Waals surface area contributed by atoms with Gasteiger partial charge in [-0.25, -0.2) is 0 Å². The van der Waals surface area contributed by atoms with Gasteiger partial charge in [-0.1, -0.05) is 50.1 Å². The number of hydrogen-bond acceptors (Lipinski definition) is 4. The summed E-state index contributed by atoms with van der Waals surface area (Å²) in [6.07, 6.45) is 3.87. The van der Waals surface area contributed by atoms with Gasteiger partial charge in [0.25, 0.3) is 0 Å². The fourth-order valence-corrected chi connectivity index (χ4v) is 2.21. The molecular formula is C20H28O4. The zero-order valence-corrected chi connectivity index (χ0v) is 15.2. The first-order valence-corrected chi connectivity index (χ1v) is 8.08. The van der Waals surface area contributed by atoms with Crippen molar-refractivity contribution in [3.05, 3.63) is 35.9 Å². The highest BCUT2D eigenvalue weighted by Crippen LogP contribution is 2.30. The van der Waals surface area contributed by atoms with Crippen LogP contribution < -0.4 is 0 Å². The van der Waals surface area contributed by atoms with Crippen molar-refractivity contribution < 1.29 is 19.4 Å². The summed E-state index contributed by atoms with van der Waals surface area (Å²) in [5.74, 6) is 2.12. The normalized spacial score (nSPS) is 14.5. The maximum absolute atomic E-state index is 11.9. The van der Waals surface area contributed by atoms with Crippen molar-refractivity contribution >= 4 is 5.97 Å². The summed E-state index contributed by atoms with van der Waals surface area (Å²) in [7, 11) is 0. The Morgan fingerprint density at radius 2 is 1.79 bits per heavy atom. The molecule has 0 aliphatic heterocycles. The van der Waals surface area contributed by atoms with E-state index in [1.54, 1.807) is 34.6 Å². The molecule has 0 amide bonds. The van der Waals surface area contributed by atoms with Crippen molar-refractivity contribution in [2.75, 3.05) is 0 Å². The molecule has 4 heteroatoms. The number of carbonyl (C=O) groups excluding carboxylic acids is 1. The van der Waals surface area contributed by atoms with E-state index in [4.69, 9.17) is 15.9 Å². The minimum atomic E-state index is -0.968.